The van der Waals surface area contributed by atoms with E-state index in [0.717, 1.165) is 23.1 Å². The molecule has 3 aromatic heterocycles. The highest BCUT2D eigenvalue weighted by Gasteiger charge is 2.18. The number of carbonyl (C=O) groups is 1. The van der Waals surface area contributed by atoms with E-state index in [0.29, 0.717) is 17.9 Å². The third-order valence-electron chi connectivity index (χ3n) is 3.63. The molecule has 0 saturated heterocycles. The van der Waals surface area contributed by atoms with Crippen LogP contribution >= 0.6 is 11.7 Å². The standard InChI is InChI=1S/C14H18N8OS/c1-8(2)21-6-11(5-15-21)16-14(23)13-10(4)22(20-17-13)7-12-9(3)18-24-19-12/h5-6,8H,7H2,1-4H3,(H,16,23). The van der Waals surface area contributed by atoms with Crippen LogP contribution in [0.5, 0.6) is 0 Å². The molecule has 9 nitrogen and oxygen atoms in total. The topological polar surface area (TPSA) is 103 Å². The van der Waals surface area contributed by atoms with Crippen LogP contribution in [-0.2, 0) is 6.54 Å². The highest BCUT2D eigenvalue weighted by molar-refractivity contribution is 6.99. The number of hydrogen-bond donors (Lipinski definition) is 1. The molecule has 3 aromatic rings. The largest absolute Gasteiger partial charge is 0.318 e. The lowest BCUT2D eigenvalue weighted by Crippen LogP contribution is -2.14. The SMILES string of the molecule is Cc1nsnc1Cn1nnc(C(=O)Nc2cnn(C(C)C)c2)c1C. The van der Waals surface area contributed by atoms with Gasteiger partial charge in [0.2, 0.25) is 0 Å². The molecule has 0 aromatic carbocycles. The van der Waals surface area contributed by atoms with Crippen molar-refractivity contribution in [2.24, 2.45) is 0 Å². The lowest BCUT2D eigenvalue weighted by molar-refractivity contribution is 0.102. The molecule has 10 heteroatoms. The molecule has 0 spiro atoms. The third-order valence-corrected chi connectivity index (χ3v) is 4.29. The molecule has 0 fully saturated rings. The minimum Gasteiger partial charge on any atom is -0.318 e. The molecule has 0 atom stereocenters. The van der Waals surface area contributed by atoms with E-state index in [-0.39, 0.29) is 17.6 Å². The quantitative estimate of drug-likeness (QED) is 0.756. The van der Waals surface area contributed by atoms with Gasteiger partial charge in [0.15, 0.2) is 5.69 Å². The molecule has 3 rings (SSSR count). The second kappa shape index (κ2) is 6.48. The van der Waals surface area contributed by atoms with Gasteiger partial charge in [0.25, 0.3) is 5.91 Å². The Hall–Kier alpha value is -2.62. The number of aromatic nitrogens is 7. The van der Waals surface area contributed by atoms with E-state index >= 15 is 0 Å². The van der Waals surface area contributed by atoms with Crippen LogP contribution in [0.25, 0.3) is 0 Å². The molecule has 0 aliphatic carbocycles. The van der Waals surface area contributed by atoms with Crippen molar-refractivity contribution in [3.63, 3.8) is 0 Å². The summed E-state index contributed by atoms with van der Waals surface area (Å²) < 4.78 is 11.8. The van der Waals surface area contributed by atoms with E-state index in [1.165, 1.54) is 0 Å². The Morgan fingerprint density at radius 1 is 1.33 bits per heavy atom. The first kappa shape index (κ1) is 16.2. The van der Waals surface area contributed by atoms with Crippen LogP contribution in [0.3, 0.4) is 0 Å². The zero-order valence-corrected chi connectivity index (χ0v) is 14.7. The second-order valence-corrected chi connectivity index (χ2v) is 6.26. The van der Waals surface area contributed by atoms with E-state index in [1.807, 2.05) is 27.7 Å². The summed E-state index contributed by atoms with van der Waals surface area (Å²) in [5.74, 6) is -0.310. The van der Waals surface area contributed by atoms with Crippen molar-refractivity contribution >= 4 is 23.3 Å². The Bertz CT molecular complexity index is 862. The van der Waals surface area contributed by atoms with Crippen LogP contribution in [0, 0.1) is 13.8 Å². The maximum Gasteiger partial charge on any atom is 0.278 e. The second-order valence-electron chi connectivity index (χ2n) is 5.73. The van der Waals surface area contributed by atoms with Gasteiger partial charge in [0.1, 0.15) is 0 Å². The molecule has 0 aliphatic rings. The fourth-order valence-electron chi connectivity index (χ4n) is 2.13. The summed E-state index contributed by atoms with van der Waals surface area (Å²) in [6.45, 7) is 8.18. The molecule has 1 N–H and O–H groups in total. The van der Waals surface area contributed by atoms with Gasteiger partial charge < -0.3 is 5.32 Å². The highest BCUT2D eigenvalue weighted by Crippen LogP contribution is 2.14. The van der Waals surface area contributed by atoms with Crippen LogP contribution in [-0.4, -0.2) is 39.4 Å². The summed E-state index contributed by atoms with van der Waals surface area (Å²) in [7, 11) is 0. The molecule has 126 valence electrons. The summed E-state index contributed by atoms with van der Waals surface area (Å²) in [4.78, 5) is 12.4. The molecular formula is C14H18N8OS. The van der Waals surface area contributed by atoms with Crippen molar-refractivity contribution in [2.45, 2.75) is 40.3 Å². The van der Waals surface area contributed by atoms with Gasteiger partial charge in [-0.1, -0.05) is 5.21 Å². The average molecular weight is 346 g/mol. The van der Waals surface area contributed by atoms with E-state index in [1.54, 1.807) is 21.8 Å². The van der Waals surface area contributed by atoms with Gasteiger partial charge in [-0.3, -0.25) is 9.48 Å². The highest BCUT2D eigenvalue weighted by atomic mass is 32.1. The number of nitrogens with one attached hydrogen (secondary N) is 1. The van der Waals surface area contributed by atoms with Gasteiger partial charge in [0.05, 0.1) is 47.2 Å². The molecule has 0 radical (unpaired) electrons. The lowest BCUT2D eigenvalue weighted by atomic mass is 10.3. The van der Waals surface area contributed by atoms with Crippen molar-refractivity contribution in [1.29, 1.82) is 0 Å². The number of nitrogens with zero attached hydrogens (tertiary/aromatic N) is 7. The fraction of sp³-hybridized carbons (Fsp3) is 0.429. The Labute approximate surface area is 143 Å². The Morgan fingerprint density at radius 3 is 2.75 bits per heavy atom. The molecule has 0 aliphatic heterocycles. The van der Waals surface area contributed by atoms with Gasteiger partial charge in [0, 0.05) is 12.2 Å². The van der Waals surface area contributed by atoms with Crippen LogP contribution in [0.2, 0.25) is 0 Å². The zero-order valence-electron chi connectivity index (χ0n) is 13.9. The van der Waals surface area contributed by atoms with Gasteiger partial charge in [-0.15, -0.1) is 5.10 Å². The summed E-state index contributed by atoms with van der Waals surface area (Å²) in [5, 5.41) is 15.0. The van der Waals surface area contributed by atoms with Crippen LogP contribution < -0.4 is 5.32 Å². The smallest absolute Gasteiger partial charge is 0.278 e. The molecule has 3 heterocycles. The van der Waals surface area contributed by atoms with E-state index in [2.05, 4.69) is 29.5 Å². The molecule has 0 saturated carbocycles. The number of anilines is 1. The Balaban J connectivity index is 1.74. The average Bonchev–Trinajstić information content (AvgIpc) is 3.23. The zero-order chi connectivity index (χ0) is 17.3. The predicted molar refractivity (Wildman–Crippen MR) is 89.1 cm³/mol. The molecular weight excluding hydrogens is 328 g/mol. The number of aryl methyl sites for hydroxylation is 1. The minimum absolute atomic E-state index is 0.230. The van der Waals surface area contributed by atoms with Crippen molar-refractivity contribution in [3.05, 3.63) is 35.2 Å². The summed E-state index contributed by atoms with van der Waals surface area (Å²) in [6.07, 6.45) is 3.40. The number of hydrogen-bond acceptors (Lipinski definition) is 7. The summed E-state index contributed by atoms with van der Waals surface area (Å²) in [6, 6.07) is 0.230. The molecule has 0 unspecified atom stereocenters. The first-order chi connectivity index (χ1) is 11.5. The summed E-state index contributed by atoms with van der Waals surface area (Å²) in [5.41, 5.74) is 3.28. The van der Waals surface area contributed by atoms with E-state index in [9.17, 15) is 4.79 Å². The van der Waals surface area contributed by atoms with Gasteiger partial charge in [-0.25, -0.2) is 4.68 Å². The first-order valence-electron chi connectivity index (χ1n) is 7.49. The van der Waals surface area contributed by atoms with Crippen molar-refractivity contribution in [2.75, 3.05) is 5.32 Å². The predicted octanol–water partition coefficient (Wildman–Crippen LogP) is 1.82. The number of amides is 1. The van der Waals surface area contributed by atoms with Gasteiger partial charge in [-0.2, -0.15) is 13.8 Å². The first-order valence-corrected chi connectivity index (χ1v) is 8.22. The Kier molecular flexibility index (Phi) is 4.38. The van der Waals surface area contributed by atoms with E-state index in [4.69, 9.17) is 0 Å². The Morgan fingerprint density at radius 2 is 2.12 bits per heavy atom. The van der Waals surface area contributed by atoms with Gasteiger partial charge >= 0.3 is 0 Å². The summed E-state index contributed by atoms with van der Waals surface area (Å²) >= 11 is 1.16. The fourth-order valence-corrected chi connectivity index (χ4v) is 2.69. The molecule has 24 heavy (non-hydrogen) atoms. The molecule has 1 amide bonds. The van der Waals surface area contributed by atoms with Crippen molar-refractivity contribution in [3.8, 4) is 0 Å². The van der Waals surface area contributed by atoms with Crippen LogP contribution in [0.1, 0.15) is 47.5 Å². The van der Waals surface area contributed by atoms with Crippen LogP contribution in [0.4, 0.5) is 5.69 Å². The third kappa shape index (κ3) is 3.18. The normalized spacial score (nSPS) is 11.2. The van der Waals surface area contributed by atoms with Crippen LogP contribution in [0.15, 0.2) is 12.4 Å². The van der Waals surface area contributed by atoms with Crippen molar-refractivity contribution < 1.29 is 4.79 Å². The number of carbonyl (C=O) groups excluding carboxylic acids is 1. The molecule has 0 bridgehead atoms. The monoisotopic (exact) mass is 346 g/mol. The number of rotatable bonds is 5. The van der Waals surface area contributed by atoms with E-state index < -0.39 is 0 Å². The minimum atomic E-state index is -0.310. The van der Waals surface area contributed by atoms with Crippen molar-refractivity contribution in [1.82, 2.24) is 33.5 Å². The lowest BCUT2D eigenvalue weighted by Gasteiger charge is -2.04. The van der Waals surface area contributed by atoms with Gasteiger partial charge in [-0.05, 0) is 27.7 Å². The maximum atomic E-state index is 12.4. The maximum absolute atomic E-state index is 12.4.